The van der Waals surface area contributed by atoms with E-state index in [0.29, 0.717) is 18.8 Å². The van der Waals surface area contributed by atoms with E-state index in [2.05, 4.69) is 41.3 Å². The molecule has 0 bridgehead atoms. The lowest BCUT2D eigenvalue weighted by Gasteiger charge is -2.33. The van der Waals surface area contributed by atoms with Gasteiger partial charge < -0.3 is 14.7 Å². The molecule has 1 saturated heterocycles. The van der Waals surface area contributed by atoms with Crippen LogP contribution >= 0.6 is 15.9 Å². The fraction of sp³-hybridized carbons (Fsp3) is 0.400. The highest BCUT2D eigenvalue weighted by molar-refractivity contribution is 9.10. The van der Waals surface area contributed by atoms with E-state index in [4.69, 9.17) is 4.52 Å². The maximum absolute atomic E-state index is 12.8. The minimum atomic E-state index is -0.0733. The number of anilines is 1. The molecule has 1 unspecified atom stereocenters. The van der Waals surface area contributed by atoms with E-state index in [0.717, 1.165) is 52.7 Å². The predicted molar refractivity (Wildman–Crippen MR) is 110 cm³/mol. The number of fused-ring (bicyclic) bond motifs is 1. The van der Waals surface area contributed by atoms with Crippen molar-refractivity contribution < 1.29 is 9.32 Å². The van der Waals surface area contributed by atoms with Crippen LogP contribution in [-0.4, -0.2) is 34.1 Å². The second-order valence-electron chi connectivity index (χ2n) is 6.99. The van der Waals surface area contributed by atoms with Crippen LogP contribution in [0.1, 0.15) is 31.0 Å². The first-order chi connectivity index (χ1) is 13.7. The van der Waals surface area contributed by atoms with E-state index >= 15 is 0 Å². The highest BCUT2D eigenvalue weighted by Crippen LogP contribution is 2.30. The standard InChI is InChI=1S/C20H22BrN5O2/c1-2-16-17-18(23-12-24-20(17)28-25-16)26-8-4-6-14(11-26)19(27)22-10-13-5-3-7-15(21)9-13/h3,5,7,9,12,14H,2,4,6,8,10-11H2,1H3,(H,22,27). The predicted octanol–water partition coefficient (Wildman–Crippen LogP) is 3.48. The number of piperidine rings is 1. The summed E-state index contributed by atoms with van der Waals surface area (Å²) in [5.74, 6) is 0.819. The number of aromatic nitrogens is 3. The maximum atomic E-state index is 12.8. The average molecular weight is 444 g/mol. The second kappa shape index (κ2) is 8.26. The molecule has 1 amide bonds. The Kier molecular flexibility index (Phi) is 5.57. The highest BCUT2D eigenvalue weighted by Gasteiger charge is 2.28. The monoisotopic (exact) mass is 443 g/mol. The Balaban J connectivity index is 1.47. The molecule has 7 nitrogen and oxygen atoms in total. The van der Waals surface area contributed by atoms with Gasteiger partial charge in [-0.2, -0.15) is 4.98 Å². The van der Waals surface area contributed by atoms with Crippen molar-refractivity contribution >= 4 is 38.8 Å². The molecule has 1 aromatic carbocycles. The van der Waals surface area contributed by atoms with E-state index in [1.165, 1.54) is 6.33 Å². The summed E-state index contributed by atoms with van der Waals surface area (Å²) in [5.41, 5.74) is 2.43. The van der Waals surface area contributed by atoms with Crippen LogP contribution in [0.15, 0.2) is 39.6 Å². The van der Waals surface area contributed by atoms with Crippen LogP contribution < -0.4 is 10.2 Å². The molecule has 0 aliphatic carbocycles. The van der Waals surface area contributed by atoms with Crippen LogP contribution in [0, 0.1) is 5.92 Å². The van der Waals surface area contributed by atoms with Gasteiger partial charge in [0.1, 0.15) is 17.5 Å². The number of hydrogen-bond donors (Lipinski definition) is 1. The largest absolute Gasteiger partial charge is 0.355 e. The second-order valence-corrected chi connectivity index (χ2v) is 7.91. The quantitative estimate of drug-likeness (QED) is 0.649. The number of aryl methyl sites for hydroxylation is 1. The van der Waals surface area contributed by atoms with Crippen molar-refractivity contribution in [1.29, 1.82) is 0 Å². The van der Waals surface area contributed by atoms with E-state index in [-0.39, 0.29) is 11.8 Å². The molecule has 1 atom stereocenters. The van der Waals surface area contributed by atoms with Crippen molar-refractivity contribution in [3.05, 3.63) is 46.3 Å². The molecule has 1 fully saturated rings. The van der Waals surface area contributed by atoms with Crippen LogP contribution in [0.2, 0.25) is 0 Å². The Bertz CT molecular complexity index is 990. The van der Waals surface area contributed by atoms with E-state index in [1.54, 1.807) is 0 Å². The lowest BCUT2D eigenvalue weighted by molar-refractivity contribution is -0.125. The van der Waals surface area contributed by atoms with Gasteiger partial charge in [0.15, 0.2) is 0 Å². The van der Waals surface area contributed by atoms with Gasteiger partial charge in [0.25, 0.3) is 5.71 Å². The van der Waals surface area contributed by atoms with Crippen LogP contribution in [0.25, 0.3) is 11.1 Å². The molecule has 28 heavy (non-hydrogen) atoms. The van der Waals surface area contributed by atoms with Crippen LogP contribution in [0.5, 0.6) is 0 Å². The summed E-state index contributed by atoms with van der Waals surface area (Å²) < 4.78 is 6.34. The number of nitrogens with zero attached hydrogens (tertiary/aromatic N) is 4. The smallest absolute Gasteiger partial charge is 0.263 e. The van der Waals surface area contributed by atoms with Crippen molar-refractivity contribution in [2.75, 3.05) is 18.0 Å². The third kappa shape index (κ3) is 3.87. The van der Waals surface area contributed by atoms with Gasteiger partial charge in [-0.25, -0.2) is 4.98 Å². The van der Waals surface area contributed by atoms with Crippen molar-refractivity contribution in [3.63, 3.8) is 0 Å². The topological polar surface area (TPSA) is 84.2 Å². The molecular formula is C20H22BrN5O2. The fourth-order valence-electron chi connectivity index (χ4n) is 3.67. The molecule has 0 saturated carbocycles. The van der Waals surface area contributed by atoms with Gasteiger partial charge in [-0.1, -0.05) is 40.1 Å². The number of amides is 1. The summed E-state index contributed by atoms with van der Waals surface area (Å²) in [4.78, 5) is 23.6. The zero-order valence-corrected chi connectivity index (χ0v) is 17.3. The molecule has 146 valence electrons. The molecule has 4 rings (SSSR count). The van der Waals surface area contributed by atoms with Gasteiger partial charge in [0.2, 0.25) is 5.91 Å². The average Bonchev–Trinajstić information content (AvgIpc) is 3.15. The Hall–Kier alpha value is -2.48. The number of rotatable bonds is 5. The van der Waals surface area contributed by atoms with Crippen LogP contribution in [0.3, 0.4) is 0 Å². The van der Waals surface area contributed by atoms with E-state index in [9.17, 15) is 4.79 Å². The molecular weight excluding hydrogens is 422 g/mol. The number of benzene rings is 1. The van der Waals surface area contributed by atoms with Crippen molar-refractivity contribution in [1.82, 2.24) is 20.4 Å². The summed E-state index contributed by atoms with van der Waals surface area (Å²) in [7, 11) is 0. The SMILES string of the molecule is CCc1noc2ncnc(N3CCCC(C(=O)NCc4cccc(Br)c4)C3)c12. The number of hydrogen-bond acceptors (Lipinski definition) is 6. The van der Waals surface area contributed by atoms with E-state index < -0.39 is 0 Å². The third-order valence-electron chi connectivity index (χ3n) is 5.11. The van der Waals surface area contributed by atoms with E-state index in [1.807, 2.05) is 31.2 Å². The van der Waals surface area contributed by atoms with Crippen molar-refractivity contribution in [3.8, 4) is 0 Å². The molecule has 8 heteroatoms. The van der Waals surface area contributed by atoms with Gasteiger partial charge >= 0.3 is 0 Å². The summed E-state index contributed by atoms with van der Waals surface area (Å²) >= 11 is 3.46. The molecule has 0 radical (unpaired) electrons. The molecule has 1 aliphatic rings. The number of nitrogens with one attached hydrogen (secondary N) is 1. The minimum absolute atomic E-state index is 0.0733. The summed E-state index contributed by atoms with van der Waals surface area (Å²) in [6.07, 6.45) is 4.06. The molecule has 0 spiro atoms. The molecule has 1 aliphatic heterocycles. The normalized spacial score (nSPS) is 17.1. The van der Waals surface area contributed by atoms with Crippen LogP contribution in [0.4, 0.5) is 5.82 Å². The first kappa shape index (κ1) is 18.9. The number of carbonyl (C=O) groups excluding carboxylic acids is 1. The van der Waals surface area contributed by atoms with Gasteiger partial charge in [0, 0.05) is 24.1 Å². The maximum Gasteiger partial charge on any atom is 0.263 e. The molecule has 3 heterocycles. The highest BCUT2D eigenvalue weighted by atomic mass is 79.9. The van der Waals surface area contributed by atoms with Gasteiger partial charge in [-0.3, -0.25) is 4.79 Å². The molecule has 2 aromatic heterocycles. The Morgan fingerprint density at radius 3 is 3.11 bits per heavy atom. The van der Waals surface area contributed by atoms with Crippen molar-refractivity contribution in [2.45, 2.75) is 32.7 Å². The minimum Gasteiger partial charge on any atom is -0.355 e. The Morgan fingerprint density at radius 2 is 2.29 bits per heavy atom. The molecule has 1 N–H and O–H groups in total. The zero-order chi connectivity index (χ0) is 19.5. The van der Waals surface area contributed by atoms with Gasteiger partial charge in [-0.15, -0.1) is 0 Å². The summed E-state index contributed by atoms with van der Waals surface area (Å²) in [5, 5.41) is 8.04. The zero-order valence-electron chi connectivity index (χ0n) is 15.7. The first-order valence-corrected chi connectivity index (χ1v) is 10.3. The fourth-order valence-corrected chi connectivity index (χ4v) is 4.12. The summed E-state index contributed by atoms with van der Waals surface area (Å²) in [6, 6.07) is 7.97. The number of halogens is 1. The lowest BCUT2D eigenvalue weighted by atomic mass is 9.96. The first-order valence-electron chi connectivity index (χ1n) is 9.52. The lowest BCUT2D eigenvalue weighted by Crippen LogP contribution is -2.43. The Morgan fingerprint density at radius 1 is 1.39 bits per heavy atom. The number of carbonyl (C=O) groups is 1. The molecule has 3 aromatic rings. The summed E-state index contributed by atoms with van der Waals surface area (Å²) in [6.45, 7) is 4.04. The van der Waals surface area contributed by atoms with Gasteiger partial charge in [0.05, 0.1) is 11.6 Å². The third-order valence-corrected chi connectivity index (χ3v) is 5.60. The Labute approximate surface area is 171 Å². The van der Waals surface area contributed by atoms with Gasteiger partial charge in [-0.05, 0) is 37.0 Å². The van der Waals surface area contributed by atoms with Crippen molar-refractivity contribution in [2.24, 2.45) is 5.92 Å². The van der Waals surface area contributed by atoms with Crippen LogP contribution in [-0.2, 0) is 17.8 Å².